The molecule has 2 heteroatoms. The summed E-state index contributed by atoms with van der Waals surface area (Å²) in [5.41, 5.74) is 4.95. The lowest BCUT2D eigenvalue weighted by atomic mass is 9.74. The van der Waals surface area contributed by atoms with Crippen molar-refractivity contribution in [1.29, 1.82) is 0 Å². The highest BCUT2D eigenvalue weighted by molar-refractivity contribution is 5.87. The van der Waals surface area contributed by atoms with E-state index in [9.17, 15) is 5.11 Å². The average Bonchev–Trinajstić information content (AvgIpc) is 2.93. The smallest absolute Gasteiger partial charge is 0.115 e. The molecule has 0 spiro atoms. The molecule has 3 aromatic rings. The minimum absolute atomic E-state index is 0.0697. The highest BCUT2D eigenvalue weighted by Gasteiger charge is 2.29. The van der Waals surface area contributed by atoms with Gasteiger partial charge in [-0.25, -0.2) is 0 Å². The topological polar surface area (TPSA) is 36.0 Å². The summed E-state index contributed by atoms with van der Waals surface area (Å²) < 4.78 is 0. The first-order valence-electron chi connectivity index (χ1n) is 7.43. The molecule has 0 saturated heterocycles. The number of rotatable bonds is 3. The Kier molecular flexibility index (Phi) is 3.25. The Hall–Kier alpha value is -2.22. The summed E-state index contributed by atoms with van der Waals surface area (Å²) in [6.07, 6.45) is 3.13. The highest BCUT2D eigenvalue weighted by Crippen LogP contribution is 2.39. The molecule has 2 N–H and O–H groups in total. The number of aromatic amines is 1. The van der Waals surface area contributed by atoms with Gasteiger partial charge >= 0.3 is 0 Å². The molecule has 0 saturated carbocycles. The van der Waals surface area contributed by atoms with E-state index in [1.54, 1.807) is 12.1 Å². The summed E-state index contributed by atoms with van der Waals surface area (Å²) in [6, 6.07) is 14.0. The van der Waals surface area contributed by atoms with Crippen molar-refractivity contribution in [3.63, 3.8) is 0 Å². The first-order valence-corrected chi connectivity index (χ1v) is 7.43. The van der Waals surface area contributed by atoms with Crippen LogP contribution in [0.25, 0.3) is 10.9 Å². The lowest BCUT2D eigenvalue weighted by Crippen LogP contribution is -2.22. The van der Waals surface area contributed by atoms with Crippen molar-refractivity contribution in [2.45, 2.75) is 32.6 Å². The van der Waals surface area contributed by atoms with E-state index in [-0.39, 0.29) is 5.41 Å². The summed E-state index contributed by atoms with van der Waals surface area (Å²) in [7, 11) is 0. The quantitative estimate of drug-likeness (QED) is 0.703. The Bertz CT molecular complexity index is 770. The number of phenolic OH excluding ortho intramolecular Hbond substituents is 1. The fourth-order valence-electron chi connectivity index (χ4n) is 3.14. The fraction of sp³-hybridized carbons (Fsp3) is 0.263. The molecule has 1 aromatic heterocycles. The molecular weight excluding hydrogens is 258 g/mol. The van der Waals surface area contributed by atoms with Crippen LogP contribution < -0.4 is 0 Å². The largest absolute Gasteiger partial charge is 0.508 e. The Morgan fingerprint density at radius 2 is 1.81 bits per heavy atom. The van der Waals surface area contributed by atoms with Gasteiger partial charge in [0.25, 0.3) is 0 Å². The fourth-order valence-corrected chi connectivity index (χ4v) is 3.14. The maximum atomic E-state index is 9.53. The second-order valence-corrected chi connectivity index (χ2v) is 5.93. The molecule has 0 fully saturated rings. The summed E-state index contributed by atoms with van der Waals surface area (Å²) in [4.78, 5) is 3.43. The van der Waals surface area contributed by atoms with Crippen LogP contribution in [-0.4, -0.2) is 10.1 Å². The number of phenols is 1. The van der Waals surface area contributed by atoms with E-state index in [2.05, 4.69) is 50.2 Å². The van der Waals surface area contributed by atoms with Gasteiger partial charge in [0.1, 0.15) is 5.75 Å². The molecule has 1 atom stereocenters. The summed E-state index contributed by atoms with van der Waals surface area (Å²) in [5, 5.41) is 10.8. The number of para-hydroxylation sites is 1. The summed E-state index contributed by atoms with van der Waals surface area (Å²) in [5.74, 6) is 0.312. The number of hydrogen-bond donors (Lipinski definition) is 2. The van der Waals surface area contributed by atoms with Gasteiger partial charge in [-0.05, 0) is 42.2 Å². The van der Waals surface area contributed by atoms with Gasteiger partial charge in [0.2, 0.25) is 0 Å². The van der Waals surface area contributed by atoms with Crippen molar-refractivity contribution < 1.29 is 5.11 Å². The van der Waals surface area contributed by atoms with Crippen LogP contribution >= 0.6 is 0 Å². The third-order valence-corrected chi connectivity index (χ3v) is 4.73. The number of aromatic hydroxyl groups is 1. The van der Waals surface area contributed by atoms with E-state index in [0.717, 1.165) is 6.42 Å². The van der Waals surface area contributed by atoms with Crippen molar-refractivity contribution in [2.75, 3.05) is 0 Å². The molecule has 2 nitrogen and oxygen atoms in total. The van der Waals surface area contributed by atoms with Gasteiger partial charge in [0.15, 0.2) is 0 Å². The molecule has 0 aliphatic rings. The normalized spacial score (nSPS) is 14.2. The van der Waals surface area contributed by atoms with Gasteiger partial charge in [-0.2, -0.15) is 0 Å². The van der Waals surface area contributed by atoms with Crippen LogP contribution in [0.15, 0.2) is 48.7 Å². The number of aryl methyl sites for hydroxylation is 1. The second kappa shape index (κ2) is 4.96. The van der Waals surface area contributed by atoms with Crippen molar-refractivity contribution in [2.24, 2.45) is 0 Å². The van der Waals surface area contributed by atoms with Crippen molar-refractivity contribution in [3.05, 3.63) is 65.4 Å². The van der Waals surface area contributed by atoms with E-state index in [0.29, 0.717) is 5.75 Å². The van der Waals surface area contributed by atoms with Gasteiger partial charge in [0, 0.05) is 22.5 Å². The molecule has 0 aliphatic heterocycles. The lowest BCUT2D eigenvalue weighted by Gasteiger charge is -2.29. The van der Waals surface area contributed by atoms with Gasteiger partial charge in [-0.1, -0.05) is 44.2 Å². The molecule has 21 heavy (non-hydrogen) atoms. The minimum Gasteiger partial charge on any atom is -0.508 e. The summed E-state index contributed by atoms with van der Waals surface area (Å²) in [6.45, 7) is 6.61. The predicted octanol–water partition coefficient (Wildman–Crippen LogP) is 4.90. The number of fused-ring (bicyclic) bond motifs is 1. The molecule has 108 valence electrons. The first kappa shape index (κ1) is 13.7. The Balaban J connectivity index is 2.22. The maximum absolute atomic E-state index is 9.53. The van der Waals surface area contributed by atoms with Gasteiger partial charge in [-0.3, -0.25) is 0 Å². The van der Waals surface area contributed by atoms with Crippen LogP contribution in [-0.2, 0) is 5.41 Å². The van der Waals surface area contributed by atoms with E-state index >= 15 is 0 Å². The number of aromatic nitrogens is 1. The van der Waals surface area contributed by atoms with Crippen LogP contribution in [0.5, 0.6) is 5.75 Å². The highest BCUT2D eigenvalue weighted by atomic mass is 16.3. The average molecular weight is 279 g/mol. The lowest BCUT2D eigenvalue weighted by molar-refractivity contribution is 0.473. The van der Waals surface area contributed by atoms with E-state index < -0.39 is 0 Å². The standard InChI is InChI=1S/C19H21NO/c1-4-19(3,14-8-10-15(21)11-9-14)17-12-20-18-13(2)6-5-7-16(17)18/h5-12,20-21H,4H2,1-3H3. The molecule has 3 rings (SSSR count). The molecule has 1 heterocycles. The molecular formula is C19H21NO. The SMILES string of the molecule is CCC(C)(c1ccc(O)cc1)c1c[nH]c2c(C)cccc12. The van der Waals surface area contributed by atoms with Crippen LogP contribution in [0.2, 0.25) is 0 Å². The minimum atomic E-state index is -0.0697. The van der Waals surface area contributed by atoms with Crippen LogP contribution in [0, 0.1) is 6.92 Å². The first-order chi connectivity index (χ1) is 10.1. The maximum Gasteiger partial charge on any atom is 0.115 e. The Morgan fingerprint density at radius 3 is 2.48 bits per heavy atom. The zero-order valence-corrected chi connectivity index (χ0v) is 12.8. The van der Waals surface area contributed by atoms with Crippen LogP contribution in [0.4, 0.5) is 0 Å². The monoisotopic (exact) mass is 279 g/mol. The third kappa shape index (κ3) is 2.11. The zero-order chi connectivity index (χ0) is 15.0. The molecule has 0 radical (unpaired) electrons. The summed E-state index contributed by atoms with van der Waals surface area (Å²) >= 11 is 0. The van der Waals surface area contributed by atoms with Crippen molar-refractivity contribution >= 4 is 10.9 Å². The van der Waals surface area contributed by atoms with Gasteiger partial charge in [-0.15, -0.1) is 0 Å². The van der Waals surface area contributed by atoms with E-state index in [1.807, 2.05) is 12.1 Å². The molecule has 1 unspecified atom stereocenters. The Labute approximate surface area is 125 Å². The Morgan fingerprint density at radius 1 is 1.10 bits per heavy atom. The number of hydrogen-bond acceptors (Lipinski definition) is 1. The van der Waals surface area contributed by atoms with Crippen molar-refractivity contribution in [3.8, 4) is 5.75 Å². The number of nitrogens with one attached hydrogen (secondary N) is 1. The number of H-pyrrole nitrogens is 1. The molecule has 0 bridgehead atoms. The van der Waals surface area contributed by atoms with Crippen LogP contribution in [0.3, 0.4) is 0 Å². The van der Waals surface area contributed by atoms with Crippen molar-refractivity contribution in [1.82, 2.24) is 4.98 Å². The molecule has 0 amide bonds. The van der Waals surface area contributed by atoms with E-state index in [1.165, 1.54) is 27.6 Å². The molecule has 0 aliphatic carbocycles. The number of benzene rings is 2. The van der Waals surface area contributed by atoms with Crippen LogP contribution in [0.1, 0.15) is 37.0 Å². The second-order valence-electron chi connectivity index (χ2n) is 5.93. The zero-order valence-electron chi connectivity index (χ0n) is 12.8. The molecule has 2 aromatic carbocycles. The van der Waals surface area contributed by atoms with Gasteiger partial charge < -0.3 is 10.1 Å². The third-order valence-electron chi connectivity index (χ3n) is 4.73. The van der Waals surface area contributed by atoms with Gasteiger partial charge in [0.05, 0.1) is 0 Å². The predicted molar refractivity (Wildman–Crippen MR) is 87.9 cm³/mol. The van der Waals surface area contributed by atoms with E-state index in [4.69, 9.17) is 0 Å².